The van der Waals surface area contributed by atoms with Crippen LogP contribution >= 0.6 is 11.6 Å². The molecule has 3 rings (SSSR count). The smallest absolute Gasteiger partial charge is 0.331 e. The number of carbonyl (C=O) groups is 2. The van der Waals surface area contributed by atoms with E-state index in [1.165, 1.54) is 24.3 Å². The number of furan rings is 1. The van der Waals surface area contributed by atoms with Gasteiger partial charge in [-0.2, -0.15) is 0 Å². The maximum atomic E-state index is 13.7. The summed E-state index contributed by atoms with van der Waals surface area (Å²) >= 11 is 5.90. The molecule has 1 aromatic carbocycles. The van der Waals surface area contributed by atoms with Gasteiger partial charge in [0, 0.05) is 28.6 Å². The molecule has 3 aromatic rings. The second kappa shape index (κ2) is 8.92. The van der Waals surface area contributed by atoms with Gasteiger partial charge in [0.2, 0.25) is 5.78 Å². The number of Topliss-reactive ketones (excluding diaryl/α,β-unsaturated/α-hetero) is 1. The van der Waals surface area contributed by atoms with Crippen LogP contribution in [0, 0.1) is 19.7 Å². The molecule has 2 aromatic heterocycles. The molecule has 0 aliphatic rings. The van der Waals surface area contributed by atoms with Crippen LogP contribution in [-0.4, -0.2) is 22.9 Å². The van der Waals surface area contributed by atoms with Gasteiger partial charge in [-0.05, 0) is 50.3 Å². The fourth-order valence-electron chi connectivity index (χ4n) is 2.97. The Morgan fingerprint density at radius 1 is 1.24 bits per heavy atom. The number of benzene rings is 1. The Bertz CT molecular complexity index is 1050. The lowest BCUT2D eigenvalue weighted by Gasteiger charge is -2.08. The number of halogens is 2. The SMILES string of the molecule is Cc1cc(C(=O)COC(=O)/C=C/c2c(F)cccc2Cl)c(C)n1Cc1ccco1. The van der Waals surface area contributed by atoms with E-state index in [-0.39, 0.29) is 16.4 Å². The number of carbonyl (C=O) groups excluding carboxylic acids is 2. The van der Waals surface area contributed by atoms with E-state index in [9.17, 15) is 14.0 Å². The second-order valence-corrected chi connectivity index (χ2v) is 6.86. The van der Waals surface area contributed by atoms with Crippen molar-refractivity contribution in [3.05, 3.63) is 87.9 Å². The van der Waals surface area contributed by atoms with Crippen molar-refractivity contribution in [3.63, 3.8) is 0 Å². The maximum Gasteiger partial charge on any atom is 0.331 e. The maximum absolute atomic E-state index is 13.7. The van der Waals surface area contributed by atoms with Gasteiger partial charge >= 0.3 is 5.97 Å². The topological polar surface area (TPSA) is 61.4 Å². The lowest BCUT2D eigenvalue weighted by molar-refractivity contribution is -0.136. The number of aryl methyl sites for hydroxylation is 1. The van der Waals surface area contributed by atoms with Gasteiger partial charge in [-0.15, -0.1) is 0 Å². The van der Waals surface area contributed by atoms with Crippen LogP contribution in [0.15, 0.2) is 53.2 Å². The highest BCUT2D eigenvalue weighted by Crippen LogP contribution is 2.21. The summed E-state index contributed by atoms with van der Waals surface area (Å²) in [5.74, 6) is -0.868. The van der Waals surface area contributed by atoms with Gasteiger partial charge in [0.25, 0.3) is 0 Å². The van der Waals surface area contributed by atoms with Gasteiger partial charge in [-0.3, -0.25) is 4.79 Å². The summed E-state index contributed by atoms with van der Waals surface area (Å²) in [4.78, 5) is 24.4. The van der Waals surface area contributed by atoms with Gasteiger partial charge < -0.3 is 13.7 Å². The number of nitrogens with zero attached hydrogens (tertiary/aromatic N) is 1. The molecule has 5 nitrogen and oxygen atoms in total. The summed E-state index contributed by atoms with van der Waals surface area (Å²) in [6.45, 7) is 3.80. The Morgan fingerprint density at radius 2 is 2.03 bits per heavy atom. The highest BCUT2D eigenvalue weighted by atomic mass is 35.5. The van der Waals surface area contributed by atoms with Crippen molar-refractivity contribution in [3.8, 4) is 0 Å². The van der Waals surface area contributed by atoms with Crippen LogP contribution in [0.25, 0.3) is 6.08 Å². The molecule has 0 radical (unpaired) electrons. The quantitative estimate of drug-likeness (QED) is 0.310. The molecule has 0 unspecified atom stereocenters. The van der Waals surface area contributed by atoms with E-state index in [1.54, 1.807) is 18.4 Å². The number of esters is 1. The molecule has 7 heteroatoms. The number of hydrogen-bond donors (Lipinski definition) is 0. The third-order valence-electron chi connectivity index (χ3n) is 4.50. The van der Waals surface area contributed by atoms with Gasteiger partial charge in [0.15, 0.2) is 6.61 Å². The first kappa shape index (κ1) is 20.6. The summed E-state index contributed by atoms with van der Waals surface area (Å²) in [6, 6.07) is 9.63. The van der Waals surface area contributed by atoms with Crippen LogP contribution in [0.3, 0.4) is 0 Å². The summed E-state index contributed by atoms with van der Waals surface area (Å²) in [7, 11) is 0. The molecule has 0 atom stereocenters. The average Bonchev–Trinajstić information content (AvgIpc) is 3.29. The summed E-state index contributed by atoms with van der Waals surface area (Å²) in [5.41, 5.74) is 2.21. The van der Waals surface area contributed by atoms with E-state index in [4.69, 9.17) is 20.8 Å². The average molecular weight is 416 g/mol. The molecule has 150 valence electrons. The summed E-state index contributed by atoms with van der Waals surface area (Å²) in [5, 5.41) is 0.175. The molecular weight excluding hydrogens is 397 g/mol. The highest BCUT2D eigenvalue weighted by molar-refractivity contribution is 6.32. The van der Waals surface area contributed by atoms with Crippen molar-refractivity contribution in [1.29, 1.82) is 0 Å². The summed E-state index contributed by atoms with van der Waals surface area (Å²) in [6.07, 6.45) is 3.86. The van der Waals surface area contributed by atoms with Crippen LogP contribution in [-0.2, 0) is 16.1 Å². The molecule has 0 fully saturated rings. The molecule has 0 aliphatic carbocycles. The minimum Gasteiger partial charge on any atom is -0.467 e. The van der Waals surface area contributed by atoms with Crippen LogP contribution in [0.5, 0.6) is 0 Å². The third kappa shape index (κ3) is 4.84. The first-order valence-corrected chi connectivity index (χ1v) is 9.25. The van der Waals surface area contributed by atoms with Crippen molar-refractivity contribution in [2.24, 2.45) is 0 Å². The molecule has 0 spiro atoms. The monoisotopic (exact) mass is 415 g/mol. The number of ether oxygens (including phenoxy) is 1. The predicted molar refractivity (Wildman–Crippen MR) is 107 cm³/mol. The summed E-state index contributed by atoms with van der Waals surface area (Å²) < 4.78 is 26.0. The minimum atomic E-state index is -0.762. The molecule has 0 amide bonds. The van der Waals surface area contributed by atoms with E-state index in [1.807, 2.05) is 24.5 Å². The zero-order valence-electron chi connectivity index (χ0n) is 15.9. The number of rotatable bonds is 7. The standard InChI is InChI=1S/C22H19ClFNO4/c1-14-11-18(15(2)25(14)12-16-5-4-10-28-16)21(26)13-29-22(27)9-8-17-19(23)6-3-7-20(17)24/h3-11H,12-13H2,1-2H3/b9-8+. The van der Waals surface area contributed by atoms with Crippen LogP contribution in [0.1, 0.15) is 33.1 Å². The lowest BCUT2D eigenvalue weighted by Crippen LogP contribution is -2.13. The molecule has 0 N–H and O–H groups in total. The van der Waals surface area contributed by atoms with Gasteiger partial charge in [-0.1, -0.05) is 17.7 Å². The highest BCUT2D eigenvalue weighted by Gasteiger charge is 2.17. The zero-order valence-corrected chi connectivity index (χ0v) is 16.7. The zero-order chi connectivity index (χ0) is 21.0. The Hall–Kier alpha value is -3.12. The van der Waals surface area contributed by atoms with Crippen LogP contribution in [0.2, 0.25) is 5.02 Å². The predicted octanol–water partition coefficient (Wildman–Crippen LogP) is 4.98. The number of ketones is 1. The largest absolute Gasteiger partial charge is 0.467 e. The lowest BCUT2D eigenvalue weighted by atomic mass is 10.1. The van der Waals surface area contributed by atoms with Crippen LogP contribution < -0.4 is 0 Å². The van der Waals surface area contributed by atoms with Crippen molar-refractivity contribution < 1.29 is 23.1 Å². The number of aromatic nitrogens is 1. The minimum absolute atomic E-state index is 0.0823. The Balaban J connectivity index is 1.63. The van der Waals surface area contributed by atoms with E-state index in [0.29, 0.717) is 12.1 Å². The van der Waals surface area contributed by atoms with Crippen molar-refractivity contribution >= 4 is 29.4 Å². The van der Waals surface area contributed by atoms with E-state index in [2.05, 4.69) is 0 Å². The fourth-order valence-corrected chi connectivity index (χ4v) is 3.19. The van der Waals surface area contributed by atoms with Gasteiger partial charge in [0.05, 0.1) is 17.8 Å². The normalized spacial score (nSPS) is 11.2. The van der Waals surface area contributed by atoms with E-state index in [0.717, 1.165) is 23.2 Å². The molecule has 0 bridgehead atoms. The first-order chi connectivity index (χ1) is 13.9. The Morgan fingerprint density at radius 3 is 2.72 bits per heavy atom. The van der Waals surface area contributed by atoms with Gasteiger partial charge in [-0.25, -0.2) is 9.18 Å². The molecule has 0 saturated heterocycles. The molecule has 0 aliphatic heterocycles. The Kier molecular flexibility index (Phi) is 6.34. The second-order valence-electron chi connectivity index (χ2n) is 6.45. The molecule has 0 saturated carbocycles. The first-order valence-electron chi connectivity index (χ1n) is 8.88. The molecule has 2 heterocycles. The van der Waals surface area contributed by atoms with E-state index >= 15 is 0 Å². The van der Waals surface area contributed by atoms with Crippen molar-refractivity contribution in [2.75, 3.05) is 6.61 Å². The van der Waals surface area contributed by atoms with Crippen LogP contribution in [0.4, 0.5) is 4.39 Å². The van der Waals surface area contributed by atoms with Crippen molar-refractivity contribution in [2.45, 2.75) is 20.4 Å². The van der Waals surface area contributed by atoms with Crippen molar-refractivity contribution in [1.82, 2.24) is 4.57 Å². The van der Waals surface area contributed by atoms with Gasteiger partial charge in [0.1, 0.15) is 11.6 Å². The molecule has 29 heavy (non-hydrogen) atoms. The number of hydrogen-bond acceptors (Lipinski definition) is 4. The Labute approximate surface area is 172 Å². The third-order valence-corrected chi connectivity index (χ3v) is 4.83. The molecular formula is C22H19ClFNO4. The van der Waals surface area contributed by atoms with E-state index < -0.39 is 18.4 Å². The fraction of sp³-hybridized carbons (Fsp3) is 0.182.